The number of nitrogens with one attached hydrogen (secondary N) is 1. The lowest BCUT2D eigenvalue weighted by atomic mass is 10.2. The second-order valence-corrected chi connectivity index (χ2v) is 6.06. The zero-order chi connectivity index (χ0) is 18.8. The van der Waals surface area contributed by atoms with Crippen molar-refractivity contribution < 1.29 is 14.1 Å². The fraction of sp³-hybridized carbons (Fsp3) is 0.222. The van der Waals surface area contributed by atoms with Gasteiger partial charge in [0.05, 0.1) is 17.2 Å². The number of hydrogen-bond donors (Lipinski definition) is 1. The first-order chi connectivity index (χ1) is 12.3. The molecule has 26 heavy (non-hydrogen) atoms. The second-order valence-electron chi connectivity index (χ2n) is 6.06. The summed E-state index contributed by atoms with van der Waals surface area (Å²) >= 11 is 0. The maximum Gasteiger partial charge on any atom is 0.291 e. The maximum absolute atomic E-state index is 12.4. The van der Waals surface area contributed by atoms with Gasteiger partial charge in [-0.1, -0.05) is 0 Å². The molecule has 2 heterocycles. The summed E-state index contributed by atoms with van der Waals surface area (Å²) in [6, 6.07) is 9.55. The number of nitrogens with zero attached hydrogens (tertiary/aromatic N) is 3. The van der Waals surface area contributed by atoms with E-state index in [0.29, 0.717) is 23.6 Å². The van der Waals surface area contributed by atoms with Gasteiger partial charge in [0.1, 0.15) is 5.76 Å². The first kappa shape index (κ1) is 17.4. The molecule has 0 bridgehead atoms. The number of hydrogen-bond acceptors (Lipinski definition) is 5. The minimum atomic E-state index is -0.476. The number of carbonyl (C=O) groups is 1. The van der Waals surface area contributed by atoms with Crippen molar-refractivity contribution in [1.82, 2.24) is 9.78 Å². The average molecular weight is 354 g/mol. The molecule has 0 atom stereocenters. The molecule has 134 valence electrons. The third kappa shape index (κ3) is 3.64. The Morgan fingerprint density at radius 1 is 1.23 bits per heavy atom. The van der Waals surface area contributed by atoms with Crippen molar-refractivity contribution in [3.63, 3.8) is 0 Å². The Labute approximate surface area is 149 Å². The molecule has 0 aliphatic rings. The largest absolute Gasteiger partial charge is 0.454 e. The lowest BCUT2D eigenvalue weighted by Crippen LogP contribution is -2.12. The molecule has 1 N–H and O–H groups in total. The molecule has 2 aromatic heterocycles. The third-order valence-corrected chi connectivity index (χ3v) is 3.96. The number of carbonyl (C=O) groups excluding carboxylic acids is 1. The van der Waals surface area contributed by atoms with Crippen LogP contribution in [-0.2, 0) is 6.54 Å². The van der Waals surface area contributed by atoms with Gasteiger partial charge >= 0.3 is 0 Å². The lowest BCUT2D eigenvalue weighted by Gasteiger charge is -2.06. The van der Waals surface area contributed by atoms with Crippen molar-refractivity contribution in [2.24, 2.45) is 0 Å². The molecule has 1 amide bonds. The molecule has 0 aliphatic heterocycles. The number of rotatable bonds is 5. The van der Waals surface area contributed by atoms with Gasteiger partial charge in [-0.05, 0) is 50.6 Å². The normalized spacial score (nSPS) is 10.7. The molecular formula is C18H18N4O4. The molecule has 0 saturated heterocycles. The summed E-state index contributed by atoms with van der Waals surface area (Å²) in [5.41, 5.74) is 3.00. The third-order valence-electron chi connectivity index (χ3n) is 3.96. The minimum Gasteiger partial charge on any atom is -0.454 e. The summed E-state index contributed by atoms with van der Waals surface area (Å²) in [6.07, 6.45) is 0. The summed E-state index contributed by atoms with van der Waals surface area (Å²) in [5, 5.41) is 17.9. The van der Waals surface area contributed by atoms with Crippen molar-refractivity contribution in [2.45, 2.75) is 27.3 Å². The van der Waals surface area contributed by atoms with Gasteiger partial charge in [-0.25, -0.2) is 0 Å². The summed E-state index contributed by atoms with van der Waals surface area (Å²) < 4.78 is 7.41. The second kappa shape index (κ2) is 6.83. The van der Waals surface area contributed by atoms with Gasteiger partial charge in [-0.3, -0.25) is 19.6 Å². The van der Waals surface area contributed by atoms with Crippen LogP contribution in [0, 0.1) is 30.9 Å². The van der Waals surface area contributed by atoms with Crippen molar-refractivity contribution in [3.8, 4) is 0 Å². The molecule has 0 aliphatic carbocycles. The quantitative estimate of drug-likeness (QED) is 0.557. The van der Waals surface area contributed by atoms with E-state index < -0.39 is 10.8 Å². The van der Waals surface area contributed by atoms with Crippen LogP contribution in [0.2, 0.25) is 0 Å². The van der Waals surface area contributed by atoms with E-state index in [0.717, 1.165) is 11.4 Å². The Morgan fingerprint density at radius 2 is 2.00 bits per heavy atom. The van der Waals surface area contributed by atoms with Crippen molar-refractivity contribution in [2.75, 3.05) is 5.32 Å². The Kier molecular flexibility index (Phi) is 4.57. The molecule has 8 heteroatoms. The lowest BCUT2D eigenvalue weighted by molar-refractivity contribution is -0.384. The van der Waals surface area contributed by atoms with Gasteiger partial charge in [0, 0.05) is 23.5 Å². The highest BCUT2D eigenvalue weighted by Gasteiger charge is 2.15. The predicted molar refractivity (Wildman–Crippen MR) is 95.3 cm³/mol. The topological polar surface area (TPSA) is 103 Å². The number of non-ortho nitro benzene ring substituents is 1. The highest BCUT2D eigenvalue weighted by atomic mass is 16.6. The van der Waals surface area contributed by atoms with Crippen LogP contribution in [0.4, 0.5) is 11.4 Å². The molecule has 0 saturated carbocycles. The van der Waals surface area contributed by atoms with Crippen molar-refractivity contribution in [3.05, 3.63) is 75.0 Å². The number of amides is 1. The highest BCUT2D eigenvalue weighted by molar-refractivity contribution is 6.02. The fourth-order valence-electron chi connectivity index (χ4n) is 2.65. The standard InChI is InChI=1S/C18H18N4O4/c1-11-8-14(22(24)25)4-6-16(11)19-18(23)17-7-5-15(26-17)10-21-13(3)9-12(2)20-21/h4-9H,10H2,1-3H3,(H,19,23). The number of nitro groups is 1. The van der Waals surface area contributed by atoms with Gasteiger partial charge in [0.2, 0.25) is 0 Å². The SMILES string of the molecule is Cc1cc(C)n(Cc2ccc(C(=O)Nc3ccc([N+](=O)[O-])cc3C)o2)n1. The van der Waals surface area contributed by atoms with Crippen LogP contribution in [0.15, 0.2) is 40.8 Å². The zero-order valence-electron chi connectivity index (χ0n) is 14.6. The molecule has 8 nitrogen and oxygen atoms in total. The zero-order valence-corrected chi connectivity index (χ0v) is 14.6. The van der Waals surface area contributed by atoms with E-state index in [1.807, 2.05) is 19.9 Å². The monoisotopic (exact) mass is 354 g/mol. The van der Waals surface area contributed by atoms with E-state index in [2.05, 4.69) is 10.4 Å². The summed E-state index contributed by atoms with van der Waals surface area (Å²) in [7, 11) is 0. The number of benzene rings is 1. The molecule has 0 unspecified atom stereocenters. The van der Waals surface area contributed by atoms with Crippen LogP contribution in [0.5, 0.6) is 0 Å². The molecule has 3 rings (SSSR count). The first-order valence-electron chi connectivity index (χ1n) is 7.99. The Morgan fingerprint density at radius 3 is 2.62 bits per heavy atom. The van der Waals surface area contributed by atoms with Gasteiger partial charge in [-0.15, -0.1) is 0 Å². The van der Waals surface area contributed by atoms with E-state index >= 15 is 0 Å². The number of furan rings is 1. The number of nitro benzene ring substituents is 1. The number of anilines is 1. The fourth-order valence-corrected chi connectivity index (χ4v) is 2.65. The van der Waals surface area contributed by atoms with Crippen LogP contribution < -0.4 is 5.32 Å². The summed E-state index contributed by atoms with van der Waals surface area (Å²) in [4.78, 5) is 22.7. The Bertz CT molecular complexity index is 987. The van der Waals surface area contributed by atoms with Crippen LogP contribution >= 0.6 is 0 Å². The van der Waals surface area contributed by atoms with Gasteiger partial charge in [0.15, 0.2) is 5.76 Å². The van der Waals surface area contributed by atoms with Crippen molar-refractivity contribution >= 4 is 17.3 Å². The molecule has 0 fully saturated rings. The van der Waals surface area contributed by atoms with E-state index in [1.165, 1.54) is 18.2 Å². The first-order valence-corrected chi connectivity index (χ1v) is 7.99. The van der Waals surface area contributed by atoms with E-state index in [-0.39, 0.29) is 11.4 Å². The maximum atomic E-state index is 12.4. The Balaban J connectivity index is 1.72. The Hall–Kier alpha value is -3.42. The number of aryl methyl sites for hydroxylation is 3. The van der Waals surface area contributed by atoms with E-state index in [9.17, 15) is 14.9 Å². The highest BCUT2D eigenvalue weighted by Crippen LogP contribution is 2.22. The number of aromatic nitrogens is 2. The van der Waals surface area contributed by atoms with Crippen LogP contribution in [0.3, 0.4) is 0 Å². The molecule has 3 aromatic rings. The van der Waals surface area contributed by atoms with Crippen LogP contribution in [0.1, 0.15) is 33.3 Å². The van der Waals surface area contributed by atoms with Crippen LogP contribution in [0.25, 0.3) is 0 Å². The summed E-state index contributed by atoms with van der Waals surface area (Å²) in [5.74, 6) is 0.364. The molecule has 0 radical (unpaired) electrons. The smallest absolute Gasteiger partial charge is 0.291 e. The van der Waals surface area contributed by atoms with Gasteiger partial charge < -0.3 is 9.73 Å². The molecule has 0 spiro atoms. The molecular weight excluding hydrogens is 336 g/mol. The van der Waals surface area contributed by atoms with Gasteiger partial charge in [-0.2, -0.15) is 5.10 Å². The molecule has 1 aromatic carbocycles. The summed E-state index contributed by atoms with van der Waals surface area (Å²) in [6.45, 7) is 5.99. The average Bonchev–Trinajstić information content (AvgIpc) is 3.16. The predicted octanol–water partition coefficient (Wildman–Crippen LogP) is 3.61. The van der Waals surface area contributed by atoms with Crippen LogP contribution in [-0.4, -0.2) is 20.6 Å². The van der Waals surface area contributed by atoms with Gasteiger partial charge in [0.25, 0.3) is 11.6 Å². The van der Waals surface area contributed by atoms with E-state index in [1.54, 1.807) is 23.7 Å². The van der Waals surface area contributed by atoms with Crippen molar-refractivity contribution in [1.29, 1.82) is 0 Å². The minimum absolute atomic E-state index is 0.0225. The van der Waals surface area contributed by atoms with E-state index in [4.69, 9.17) is 4.42 Å².